The third kappa shape index (κ3) is 2.94. The summed E-state index contributed by atoms with van der Waals surface area (Å²) in [5.74, 6) is 3.15. The van der Waals surface area contributed by atoms with Crippen LogP contribution in [0.15, 0.2) is 27.4 Å². The fraction of sp³-hybridized carbons (Fsp3) is 0.529. The van der Waals surface area contributed by atoms with Crippen molar-refractivity contribution in [3.63, 3.8) is 0 Å². The van der Waals surface area contributed by atoms with Crippen molar-refractivity contribution < 1.29 is 8.83 Å². The monoisotopic (exact) mass is 260 g/mol. The summed E-state index contributed by atoms with van der Waals surface area (Å²) in [7, 11) is 0. The summed E-state index contributed by atoms with van der Waals surface area (Å²) in [6.45, 7) is 10.8. The van der Waals surface area contributed by atoms with Gasteiger partial charge in [-0.15, -0.1) is 0 Å². The van der Waals surface area contributed by atoms with Crippen LogP contribution in [0.3, 0.4) is 0 Å². The van der Waals surface area contributed by atoms with Crippen molar-refractivity contribution in [3.8, 4) is 0 Å². The highest BCUT2D eigenvalue weighted by molar-refractivity contribution is 5.29. The van der Waals surface area contributed by atoms with Gasteiger partial charge in [-0.25, -0.2) is 0 Å². The van der Waals surface area contributed by atoms with Gasteiger partial charge in [-0.1, -0.05) is 20.8 Å². The lowest BCUT2D eigenvalue weighted by Crippen LogP contribution is -1.97. The van der Waals surface area contributed by atoms with Gasteiger partial charge < -0.3 is 8.83 Å². The predicted octanol–water partition coefficient (Wildman–Crippen LogP) is 5.35. The van der Waals surface area contributed by atoms with E-state index in [0.29, 0.717) is 11.8 Å². The average molecular weight is 260 g/mol. The molecule has 0 aliphatic rings. The molecule has 2 aromatic rings. The lowest BCUT2D eigenvalue weighted by molar-refractivity contribution is 0.457. The van der Waals surface area contributed by atoms with Crippen molar-refractivity contribution in [3.05, 3.63) is 46.8 Å². The molecule has 0 saturated carbocycles. The van der Waals surface area contributed by atoms with E-state index < -0.39 is 0 Å². The molecule has 2 rings (SSSR count). The minimum Gasteiger partial charge on any atom is -0.469 e. The summed E-state index contributed by atoms with van der Waals surface area (Å²) in [6, 6.07) is 2.03. The van der Waals surface area contributed by atoms with Crippen molar-refractivity contribution in [2.24, 2.45) is 0 Å². The van der Waals surface area contributed by atoms with Gasteiger partial charge in [-0.05, 0) is 49.4 Å². The Hall–Kier alpha value is -1.44. The van der Waals surface area contributed by atoms with Crippen molar-refractivity contribution in [2.45, 2.75) is 59.3 Å². The van der Waals surface area contributed by atoms with Gasteiger partial charge in [-0.3, -0.25) is 0 Å². The standard InChI is InChI=1S/C17H24O2/c1-11(2)16-14(5)15(10-19-16)7-6-12(3)17-13(4)8-9-18-17/h8-12H,6-7H2,1-5H3. The van der Waals surface area contributed by atoms with Crippen LogP contribution in [0.4, 0.5) is 0 Å². The maximum atomic E-state index is 5.68. The van der Waals surface area contributed by atoms with E-state index in [1.54, 1.807) is 6.26 Å². The summed E-state index contributed by atoms with van der Waals surface area (Å²) < 4.78 is 11.2. The molecule has 2 aromatic heterocycles. The van der Waals surface area contributed by atoms with Gasteiger partial charge in [0.1, 0.15) is 11.5 Å². The molecular weight excluding hydrogens is 236 g/mol. The maximum absolute atomic E-state index is 5.68. The molecule has 104 valence electrons. The number of rotatable bonds is 5. The highest BCUT2D eigenvalue weighted by atomic mass is 16.3. The third-order valence-electron chi connectivity index (χ3n) is 3.90. The van der Waals surface area contributed by atoms with Gasteiger partial charge in [0.05, 0.1) is 12.5 Å². The first kappa shape index (κ1) is 14.0. The number of furan rings is 2. The first-order chi connectivity index (χ1) is 9.00. The zero-order valence-electron chi connectivity index (χ0n) is 12.6. The van der Waals surface area contributed by atoms with Gasteiger partial charge in [0, 0.05) is 11.8 Å². The highest BCUT2D eigenvalue weighted by Gasteiger charge is 2.16. The Morgan fingerprint density at radius 2 is 1.79 bits per heavy atom. The topological polar surface area (TPSA) is 26.3 Å². The van der Waals surface area contributed by atoms with E-state index in [4.69, 9.17) is 8.83 Å². The summed E-state index contributed by atoms with van der Waals surface area (Å²) in [5.41, 5.74) is 3.90. The Balaban J connectivity index is 2.01. The minimum atomic E-state index is 0.451. The smallest absolute Gasteiger partial charge is 0.109 e. The largest absolute Gasteiger partial charge is 0.469 e. The molecular formula is C17H24O2. The van der Waals surface area contributed by atoms with E-state index >= 15 is 0 Å². The molecule has 0 bridgehead atoms. The van der Waals surface area contributed by atoms with E-state index in [9.17, 15) is 0 Å². The van der Waals surface area contributed by atoms with Crippen LogP contribution >= 0.6 is 0 Å². The van der Waals surface area contributed by atoms with Gasteiger partial charge in [-0.2, -0.15) is 0 Å². The molecule has 0 N–H and O–H groups in total. The van der Waals surface area contributed by atoms with Crippen LogP contribution in [0.1, 0.15) is 67.2 Å². The van der Waals surface area contributed by atoms with Crippen molar-refractivity contribution in [1.29, 1.82) is 0 Å². The quantitative estimate of drug-likeness (QED) is 0.724. The van der Waals surface area contributed by atoms with Crippen LogP contribution in [0.25, 0.3) is 0 Å². The Kier molecular flexibility index (Phi) is 4.18. The molecule has 1 unspecified atom stereocenters. The summed E-state index contributed by atoms with van der Waals surface area (Å²) >= 11 is 0. The van der Waals surface area contributed by atoms with Crippen molar-refractivity contribution >= 4 is 0 Å². The van der Waals surface area contributed by atoms with E-state index in [2.05, 4.69) is 34.6 Å². The van der Waals surface area contributed by atoms with E-state index in [1.807, 2.05) is 12.3 Å². The molecule has 0 amide bonds. The Labute approximate surface area is 115 Å². The summed E-state index contributed by atoms with van der Waals surface area (Å²) in [5, 5.41) is 0. The fourth-order valence-corrected chi connectivity index (χ4v) is 2.68. The molecule has 0 aliphatic carbocycles. The number of aryl methyl sites for hydroxylation is 2. The lowest BCUT2D eigenvalue weighted by Gasteiger charge is -2.09. The van der Waals surface area contributed by atoms with Gasteiger partial charge >= 0.3 is 0 Å². The second-order valence-corrected chi connectivity index (χ2v) is 5.81. The molecule has 1 atom stereocenters. The number of hydrogen-bond donors (Lipinski definition) is 0. The molecule has 0 saturated heterocycles. The summed E-state index contributed by atoms with van der Waals surface area (Å²) in [4.78, 5) is 0. The molecule has 0 spiro atoms. The van der Waals surface area contributed by atoms with Crippen molar-refractivity contribution in [1.82, 2.24) is 0 Å². The molecule has 2 heterocycles. The minimum absolute atomic E-state index is 0.451. The lowest BCUT2D eigenvalue weighted by atomic mass is 9.95. The number of hydrogen-bond acceptors (Lipinski definition) is 2. The Morgan fingerprint density at radius 1 is 1.05 bits per heavy atom. The third-order valence-corrected chi connectivity index (χ3v) is 3.90. The Morgan fingerprint density at radius 3 is 2.32 bits per heavy atom. The predicted molar refractivity (Wildman–Crippen MR) is 77.7 cm³/mol. The van der Waals surface area contributed by atoms with Crippen LogP contribution < -0.4 is 0 Å². The van der Waals surface area contributed by atoms with Crippen LogP contribution in [0, 0.1) is 13.8 Å². The molecule has 0 radical (unpaired) electrons. The van der Waals surface area contributed by atoms with E-state index in [0.717, 1.165) is 24.4 Å². The van der Waals surface area contributed by atoms with Crippen molar-refractivity contribution in [2.75, 3.05) is 0 Å². The molecule has 0 aliphatic heterocycles. The van der Waals surface area contributed by atoms with Crippen LogP contribution in [0.5, 0.6) is 0 Å². The SMILES string of the molecule is Cc1ccoc1C(C)CCc1coc(C(C)C)c1C. The van der Waals surface area contributed by atoms with Crippen LogP contribution in [-0.2, 0) is 6.42 Å². The summed E-state index contributed by atoms with van der Waals surface area (Å²) in [6.07, 6.45) is 5.84. The van der Waals surface area contributed by atoms with Gasteiger partial charge in [0.25, 0.3) is 0 Å². The highest BCUT2D eigenvalue weighted by Crippen LogP contribution is 2.28. The average Bonchev–Trinajstić information content (AvgIpc) is 2.93. The first-order valence-corrected chi connectivity index (χ1v) is 7.11. The zero-order chi connectivity index (χ0) is 14.0. The normalized spacial score (nSPS) is 13.2. The second-order valence-electron chi connectivity index (χ2n) is 5.81. The zero-order valence-corrected chi connectivity index (χ0v) is 12.6. The molecule has 2 heteroatoms. The van der Waals surface area contributed by atoms with Gasteiger partial charge in [0.2, 0.25) is 0 Å². The van der Waals surface area contributed by atoms with Gasteiger partial charge in [0.15, 0.2) is 0 Å². The van der Waals surface area contributed by atoms with Crippen LogP contribution in [-0.4, -0.2) is 0 Å². The molecule has 19 heavy (non-hydrogen) atoms. The first-order valence-electron chi connectivity index (χ1n) is 7.11. The maximum Gasteiger partial charge on any atom is 0.109 e. The van der Waals surface area contributed by atoms with E-state index in [1.165, 1.54) is 16.7 Å². The van der Waals surface area contributed by atoms with E-state index in [-0.39, 0.29) is 0 Å². The fourth-order valence-electron chi connectivity index (χ4n) is 2.68. The van der Waals surface area contributed by atoms with Crippen LogP contribution in [0.2, 0.25) is 0 Å². The molecule has 0 fully saturated rings. The molecule has 0 aromatic carbocycles. The second kappa shape index (κ2) is 5.68. The molecule has 2 nitrogen and oxygen atoms in total. The Bertz CT molecular complexity index is 531.